The summed E-state index contributed by atoms with van der Waals surface area (Å²) in [7, 11) is 0. The van der Waals surface area contributed by atoms with E-state index in [9.17, 15) is 4.79 Å². The Labute approximate surface area is 174 Å². The van der Waals surface area contributed by atoms with E-state index in [1.165, 1.54) is 70.6 Å². The Morgan fingerprint density at radius 1 is 0.720 bits per heavy atom. The van der Waals surface area contributed by atoms with Gasteiger partial charge in [-0.25, -0.2) is 0 Å². The Morgan fingerprint density at radius 3 is 1.48 bits per heavy atom. The van der Waals surface area contributed by atoms with E-state index < -0.39 is 11.9 Å². The fourth-order valence-corrected chi connectivity index (χ4v) is 2.35. The zero-order valence-electron chi connectivity index (χ0n) is 16.5. The molecule has 0 aliphatic heterocycles. The Bertz CT molecular complexity index is 313. The van der Waals surface area contributed by atoms with E-state index in [4.69, 9.17) is 15.0 Å². The third kappa shape index (κ3) is 40.0. The van der Waals surface area contributed by atoms with Crippen LogP contribution in [0.5, 0.6) is 0 Å². The molecule has 0 atom stereocenters. The second-order valence-corrected chi connectivity index (χ2v) is 6.25. The quantitative estimate of drug-likeness (QED) is 0.175. The van der Waals surface area contributed by atoms with Crippen molar-refractivity contribution in [2.45, 2.75) is 104 Å². The number of allylic oxidation sites excluding steroid dienone is 2. The predicted molar refractivity (Wildman–Crippen MR) is 100 cm³/mol. The van der Waals surface area contributed by atoms with E-state index in [1.54, 1.807) is 0 Å². The molecule has 2 N–H and O–H groups in total. The summed E-state index contributed by atoms with van der Waals surface area (Å²) >= 11 is 0. The predicted octanol–water partition coefficient (Wildman–Crippen LogP) is 6.20. The third-order valence-electron chi connectivity index (χ3n) is 3.65. The first-order chi connectivity index (χ1) is 11.5. The SMILES string of the molecule is CC(=O)O.CCCCCCCCC=CCCCCCCCC(=O)O.[Cd]. The maximum Gasteiger partial charge on any atom is 0.303 e. The largest absolute Gasteiger partial charge is 0.481 e. The molecular weight excluding hydrogens is 417 g/mol. The number of rotatable bonds is 15. The van der Waals surface area contributed by atoms with E-state index in [-0.39, 0.29) is 27.3 Å². The van der Waals surface area contributed by atoms with Gasteiger partial charge < -0.3 is 10.2 Å². The molecule has 0 heterocycles. The average molecular weight is 455 g/mol. The molecule has 0 aromatic heterocycles. The van der Waals surface area contributed by atoms with Gasteiger partial charge in [-0.05, 0) is 32.1 Å². The van der Waals surface area contributed by atoms with Crippen LogP contribution in [0.3, 0.4) is 0 Å². The molecule has 0 spiro atoms. The van der Waals surface area contributed by atoms with Crippen LogP contribution in [0.2, 0.25) is 0 Å². The molecule has 0 amide bonds. The molecule has 0 aliphatic carbocycles. The topological polar surface area (TPSA) is 74.6 Å². The number of hydrogen-bond donors (Lipinski definition) is 2. The normalized spacial score (nSPS) is 10.0. The van der Waals surface area contributed by atoms with Crippen LogP contribution in [0, 0.1) is 0 Å². The van der Waals surface area contributed by atoms with Gasteiger partial charge in [-0.3, -0.25) is 9.59 Å². The van der Waals surface area contributed by atoms with Crippen molar-refractivity contribution in [3.63, 3.8) is 0 Å². The molecular formula is C20H38CdO4. The van der Waals surface area contributed by atoms with Crippen LogP contribution >= 0.6 is 0 Å². The summed E-state index contributed by atoms with van der Waals surface area (Å²) in [4.78, 5) is 19.3. The summed E-state index contributed by atoms with van der Waals surface area (Å²) in [5, 5.41) is 15.9. The summed E-state index contributed by atoms with van der Waals surface area (Å²) in [5.74, 6) is -1.50. The van der Waals surface area contributed by atoms with Gasteiger partial charge in [-0.2, -0.15) is 0 Å². The van der Waals surface area contributed by atoms with Crippen molar-refractivity contribution in [1.82, 2.24) is 0 Å². The minimum atomic E-state index is -0.833. The van der Waals surface area contributed by atoms with Gasteiger partial charge in [0.05, 0.1) is 0 Å². The van der Waals surface area contributed by atoms with Gasteiger partial charge in [0.2, 0.25) is 0 Å². The van der Waals surface area contributed by atoms with Crippen LogP contribution in [0.4, 0.5) is 0 Å². The van der Waals surface area contributed by atoms with Crippen LogP contribution in [0.1, 0.15) is 104 Å². The first-order valence-corrected chi connectivity index (χ1v) is 9.57. The third-order valence-corrected chi connectivity index (χ3v) is 3.65. The van der Waals surface area contributed by atoms with Crippen molar-refractivity contribution in [3.05, 3.63) is 12.2 Å². The zero-order chi connectivity index (χ0) is 18.5. The van der Waals surface area contributed by atoms with Crippen molar-refractivity contribution in [1.29, 1.82) is 0 Å². The molecule has 0 radical (unpaired) electrons. The molecule has 5 heteroatoms. The number of carboxylic acid groups (broad SMARTS) is 2. The Balaban J connectivity index is -0.000000867. The van der Waals surface area contributed by atoms with Crippen LogP contribution in [0.15, 0.2) is 12.2 Å². The van der Waals surface area contributed by atoms with Gasteiger partial charge >= 0.3 is 5.97 Å². The van der Waals surface area contributed by atoms with Crippen molar-refractivity contribution in [2.24, 2.45) is 0 Å². The molecule has 0 bridgehead atoms. The molecule has 0 saturated heterocycles. The molecule has 0 fully saturated rings. The van der Waals surface area contributed by atoms with Gasteiger partial charge in [0, 0.05) is 40.6 Å². The maximum atomic E-state index is 10.3. The summed E-state index contributed by atoms with van der Waals surface area (Å²) in [5.41, 5.74) is 0. The average Bonchev–Trinajstić information content (AvgIpc) is 2.50. The van der Waals surface area contributed by atoms with Crippen LogP contribution in [0.25, 0.3) is 0 Å². The molecule has 0 aliphatic rings. The van der Waals surface area contributed by atoms with Gasteiger partial charge in [0.1, 0.15) is 0 Å². The fraction of sp³-hybridized carbons (Fsp3) is 0.800. The van der Waals surface area contributed by atoms with E-state index in [0.717, 1.165) is 19.8 Å². The number of hydrogen-bond acceptors (Lipinski definition) is 2. The summed E-state index contributed by atoms with van der Waals surface area (Å²) in [6.07, 6.45) is 21.2. The van der Waals surface area contributed by atoms with Crippen LogP contribution in [-0.2, 0) is 36.9 Å². The molecule has 0 aromatic rings. The number of aliphatic carboxylic acids is 2. The molecule has 25 heavy (non-hydrogen) atoms. The van der Waals surface area contributed by atoms with E-state index in [0.29, 0.717) is 6.42 Å². The number of unbranched alkanes of at least 4 members (excludes halogenated alkanes) is 11. The second kappa shape index (κ2) is 25.8. The van der Waals surface area contributed by atoms with Gasteiger partial charge in [-0.15, -0.1) is 0 Å². The zero-order valence-corrected chi connectivity index (χ0v) is 20.5. The minimum absolute atomic E-state index is 0. The molecule has 144 valence electrons. The minimum Gasteiger partial charge on any atom is -0.481 e. The van der Waals surface area contributed by atoms with Gasteiger partial charge in [-0.1, -0.05) is 70.4 Å². The molecule has 4 nitrogen and oxygen atoms in total. The molecule has 0 rings (SSSR count). The van der Waals surface area contributed by atoms with Crippen molar-refractivity contribution in [2.75, 3.05) is 0 Å². The second-order valence-electron chi connectivity index (χ2n) is 6.25. The summed E-state index contributed by atoms with van der Waals surface area (Å²) < 4.78 is 0. The fourth-order valence-electron chi connectivity index (χ4n) is 2.35. The molecule has 0 saturated carbocycles. The number of carboxylic acids is 2. The van der Waals surface area contributed by atoms with Crippen molar-refractivity contribution >= 4 is 11.9 Å². The van der Waals surface area contributed by atoms with Gasteiger partial charge in [0.15, 0.2) is 0 Å². The van der Waals surface area contributed by atoms with E-state index >= 15 is 0 Å². The van der Waals surface area contributed by atoms with Crippen molar-refractivity contribution in [3.8, 4) is 0 Å². The first-order valence-electron chi connectivity index (χ1n) is 9.57. The van der Waals surface area contributed by atoms with Crippen molar-refractivity contribution < 1.29 is 47.1 Å². The number of carbonyl (C=O) groups is 2. The standard InChI is InChI=1S/C18H34O2.C2H4O2.Cd/c1-2-3-4-5-6-7-8-9-10-11-12-13-14-15-16-17-18(19)20;1-2(3)4;/h9-10H,2-8,11-17H2,1H3,(H,19,20);1H3,(H,3,4);. The first kappa shape index (κ1) is 29.4. The van der Waals surface area contributed by atoms with Crippen LogP contribution in [-0.4, -0.2) is 22.2 Å². The molecule has 0 unspecified atom stereocenters. The van der Waals surface area contributed by atoms with Gasteiger partial charge in [0.25, 0.3) is 5.97 Å². The van der Waals surface area contributed by atoms with Crippen LogP contribution < -0.4 is 0 Å². The smallest absolute Gasteiger partial charge is 0.303 e. The summed E-state index contributed by atoms with van der Waals surface area (Å²) in [6.45, 7) is 3.34. The Morgan fingerprint density at radius 2 is 1.08 bits per heavy atom. The van der Waals surface area contributed by atoms with E-state index in [1.807, 2.05) is 0 Å². The Kier molecular flexibility index (Phi) is 30.4. The van der Waals surface area contributed by atoms with E-state index in [2.05, 4.69) is 19.1 Å². The summed E-state index contributed by atoms with van der Waals surface area (Å²) in [6, 6.07) is 0. The molecule has 0 aromatic carbocycles. The Hall–Kier alpha value is -0.398. The maximum absolute atomic E-state index is 10.3. The monoisotopic (exact) mass is 456 g/mol.